The zero-order chi connectivity index (χ0) is 19.1. The monoisotopic (exact) mass is 354 g/mol. The molecule has 2 aromatic carbocycles. The van der Waals surface area contributed by atoms with Crippen LogP contribution in [0.25, 0.3) is 0 Å². The first-order valence-electron chi connectivity index (χ1n) is 9.21. The van der Waals surface area contributed by atoms with Gasteiger partial charge in [0.1, 0.15) is 0 Å². The quantitative estimate of drug-likeness (QED) is 0.549. The Balaban J connectivity index is 2.17. The predicted octanol–water partition coefficient (Wildman–Crippen LogP) is 4.87. The molecule has 0 spiro atoms. The minimum atomic E-state index is -0.643. The molecule has 138 valence electrons. The second-order valence-electron chi connectivity index (χ2n) is 6.04. The second-order valence-corrected chi connectivity index (χ2v) is 6.04. The highest BCUT2D eigenvalue weighted by atomic mass is 17.2. The Kier molecular flexibility index (Phi) is 6.96. The number of benzene rings is 2. The Bertz CT molecular complexity index is 725. The van der Waals surface area contributed by atoms with Gasteiger partial charge in [-0.2, -0.15) is 0 Å². The summed E-state index contributed by atoms with van der Waals surface area (Å²) in [5, 5.41) is 0. The maximum absolute atomic E-state index is 12.4. The number of aryl methyl sites for hydroxylation is 2. The number of hydrogen-bond donors (Lipinski definition) is 0. The van der Waals surface area contributed by atoms with Gasteiger partial charge in [-0.1, -0.05) is 52.0 Å². The van der Waals surface area contributed by atoms with Crippen molar-refractivity contribution in [2.24, 2.45) is 0 Å². The van der Waals surface area contributed by atoms with E-state index in [2.05, 4.69) is 0 Å². The van der Waals surface area contributed by atoms with Crippen LogP contribution in [0.5, 0.6) is 0 Å². The third-order valence-electron chi connectivity index (χ3n) is 4.65. The van der Waals surface area contributed by atoms with E-state index in [1.807, 2.05) is 52.0 Å². The fourth-order valence-corrected chi connectivity index (χ4v) is 3.31. The second kappa shape index (κ2) is 9.18. The Morgan fingerprint density at radius 3 is 1.35 bits per heavy atom. The number of carbonyl (C=O) groups excluding carboxylic acids is 2. The Hall–Kier alpha value is -2.62. The zero-order valence-corrected chi connectivity index (χ0v) is 15.9. The third-order valence-corrected chi connectivity index (χ3v) is 4.65. The van der Waals surface area contributed by atoms with Gasteiger partial charge in [0.2, 0.25) is 0 Å². The molecule has 0 aromatic heterocycles. The minimum Gasteiger partial charge on any atom is -0.241 e. The van der Waals surface area contributed by atoms with Gasteiger partial charge in [0, 0.05) is 0 Å². The molecule has 0 unspecified atom stereocenters. The molecule has 0 fully saturated rings. The van der Waals surface area contributed by atoms with Crippen LogP contribution in [0.15, 0.2) is 36.4 Å². The fourth-order valence-electron chi connectivity index (χ4n) is 3.31. The smallest absolute Gasteiger partial charge is 0.241 e. The highest BCUT2D eigenvalue weighted by Crippen LogP contribution is 2.20. The fraction of sp³-hybridized carbons (Fsp3) is 0.364. The highest BCUT2D eigenvalue weighted by Gasteiger charge is 2.20. The van der Waals surface area contributed by atoms with Crippen molar-refractivity contribution in [1.82, 2.24) is 0 Å². The average Bonchev–Trinajstić information content (AvgIpc) is 2.69. The van der Waals surface area contributed by atoms with Gasteiger partial charge in [-0.15, -0.1) is 0 Å². The van der Waals surface area contributed by atoms with Crippen molar-refractivity contribution in [3.63, 3.8) is 0 Å². The number of hydrogen-bond acceptors (Lipinski definition) is 4. The number of rotatable bonds is 6. The molecule has 0 heterocycles. The van der Waals surface area contributed by atoms with E-state index in [0.29, 0.717) is 24.0 Å². The van der Waals surface area contributed by atoms with Crippen LogP contribution in [0, 0.1) is 0 Å². The molecule has 2 aromatic rings. The number of carbonyl (C=O) groups is 2. The van der Waals surface area contributed by atoms with Crippen LogP contribution in [0.2, 0.25) is 0 Å². The van der Waals surface area contributed by atoms with E-state index in [0.717, 1.165) is 35.1 Å². The first-order chi connectivity index (χ1) is 12.6. The molecule has 0 aliphatic heterocycles. The van der Waals surface area contributed by atoms with Gasteiger partial charge >= 0.3 is 11.9 Å². The molecule has 0 aliphatic rings. The largest absolute Gasteiger partial charge is 0.386 e. The summed E-state index contributed by atoms with van der Waals surface area (Å²) in [6.07, 6.45) is 3.07. The topological polar surface area (TPSA) is 52.6 Å². The molecule has 0 radical (unpaired) electrons. The summed E-state index contributed by atoms with van der Waals surface area (Å²) < 4.78 is 0. The van der Waals surface area contributed by atoms with Gasteiger partial charge in [0.25, 0.3) is 0 Å². The molecule has 0 saturated carbocycles. The van der Waals surface area contributed by atoms with Crippen molar-refractivity contribution >= 4 is 11.9 Å². The Morgan fingerprint density at radius 1 is 0.654 bits per heavy atom. The maximum Gasteiger partial charge on any atom is 0.386 e. The molecule has 0 amide bonds. The Morgan fingerprint density at radius 2 is 1.04 bits per heavy atom. The van der Waals surface area contributed by atoms with Crippen LogP contribution in [0.4, 0.5) is 0 Å². The van der Waals surface area contributed by atoms with Crippen molar-refractivity contribution < 1.29 is 19.4 Å². The van der Waals surface area contributed by atoms with Crippen LogP contribution in [-0.2, 0) is 35.5 Å². The van der Waals surface area contributed by atoms with Crippen molar-refractivity contribution in [3.8, 4) is 0 Å². The molecule has 4 nitrogen and oxygen atoms in total. The van der Waals surface area contributed by atoms with Gasteiger partial charge in [0.15, 0.2) is 0 Å². The maximum atomic E-state index is 12.4. The average molecular weight is 354 g/mol. The molecule has 4 heteroatoms. The molecular formula is C22H26O4. The summed E-state index contributed by atoms with van der Waals surface area (Å²) in [6.45, 7) is 8.05. The van der Waals surface area contributed by atoms with E-state index < -0.39 is 11.9 Å². The lowest BCUT2D eigenvalue weighted by Crippen LogP contribution is -2.15. The Labute approximate surface area is 155 Å². The van der Waals surface area contributed by atoms with Gasteiger partial charge in [-0.05, 0) is 60.1 Å². The van der Waals surface area contributed by atoms with Gasteiger partial charge in [-0.3, -0.25) is 0 Å². The normalized spacial score (nSPS) is 10.5. The van der Waals surface area contributed by atoms with E-state index >= 15 is 0 Å². The van der Waals surface area contributed by atoms with Gasteiger partial charge in [-0.25, -0.2) is 19.4 Å². The minimum absolute atomic E-state index is 0.442. The van der Waals surface area contributed by atoms with Crippen LogP contribution >= 0.6 is 0 Å². The van der Waals surface area contributed by atoms with E-state index in [1.54, 1.807) is 12.1 Å². The van der Waals surface area contributed by atoms with Crippen molar-refractivity contribution in [1.29, 1.82) is 0 Å². The molecule has 0 atom stereocenters. The molecule has 0 aliphatic carbocycles. The van der Waals surface area contributed by atoms with Crippen molar-refractivity contribution in [2.75, 3.05) is 0 Å². The standard InChI is InChI=1S/C22H26O4/c1-5-15-11-9-13-19(17(15)7-3)21(23)25-26-22(24)20-14-10-12-16(6-2)18(20)8-4/h9-14H,5-8H2,1-4H3. The van der Waals surface area contributed by atoms with E-state index in [1.165, 1.54) is 0 Å². The molecule has 0 saturated heterocycles. The molecular weight excluding hydrogens is 328 g/mol. The summed E-state index contributed by atoms with van der Waals surface area (Å²) in [6, 6.07) is 11.0. The molecule has 2 rings (SSSR count). The lowest BCUT2D eigenvalue weighted by Gasteiger charge is -2.12. The first kappa shape index (κ1) is 19.7. The summed E-state index contributed by atoms with van der Waals surface area (Å²) in [5.74, 6) is -1.29. The zero-order valence-electron chi connectivity index (χ0n) is 15.9. The third kappa shape index (κ3) is 4.13. The molecule has 0 N–H and O–H groups in total. The predicted molar refractivity (Wildman–Crippen MR) is 101 cm³/mol. The summed E-state index contributed by atoms with van der Waals surface area (Å²) >= 11 is 0. The van der Waals surface area contributed by atoms with Gasteiger partial charge < -0.3 is 0 Å². The van der Waals surface area contributed by atoms with E-state index in [-0.39, 0.29) is 0 Å². The van der Waals surface area contributed by atoms with Crippen molar-refractivity contribution in [2.45, 2.75) is 53.4 Å². The van der Waals surface area contributed by atoms with Crippen LogP contribution in [-0.4, -0.2) is 11.9 Å². The van der Waals surface area contributed by atoms with Crippen molar-refractivity contribution in [3.05, 3.63) is 69.8 Å². The molecule has 26 heavy (non-hydrogen) atoms. The first-order valence-corrected chi connectivity index (χ1v) is 9.21. The van der Waals surface area contributed by atoms with Crippen LogP contribution < -0.4 is 0 Å². The molecule has 0 bridgehead atoms. The summed E-state index contributed by atoms with van der Waals surface area (Å²) in [5.41, 5.74) is 4.93. The summed E-state index contributed by atoms with van der Waals surface area (Å²) in [7, 11) is 0. The van der Waals surface area contributed by atoms with E-state index in [9.17, 15) is 9.59 Å². The van der Waals surface area contributed by atoms with Gasteiger partial charge in [0.05, 0.1) is 11.1 Å². The van der Waals surface area contributed by atoms with Crippen LogP contribution in [0.1, 0.15) is 70.7 Å². The van der Waals surface area contributed by atoms with Crippen LogP contribution in [0.3, 0.4) is 0 Å². The highest BCUT2D eigenvalue weighted by molar-refractivity contribution is 5.94. The SMILES string of the molecule is CCc1cccc(C(=O)OOC(=O)c2cccc(CC)c2CC)c1CC. The lowest BCUT2D eigenvalue weighted by molar-refractivity contribution is -0.187. The summed E-state index contributed by atoms with van der Waals surface area (Å²) in [4.78, 5) is 34.6. The van der Waals surface area contributed by atoms with E-state index in [4.69, 9.17) is 9.78 Å². The lowest BCUT2D eigenvalue weighted by atomic mass is 9.97.